The van der Waals surface area contributed by atoms with Crippen LogP contribution in [0, 0.1) is 0 Å². The fourth-order valence-corrected chi connectivity index (χ4v) is 48.4. The zero-order valence-corrected chi connectivity index (χ0v) is 72.0. The number of unbranched alkanes of at least 4 members (excludes halogenated alkanes) is 6. The second-order valence-electron chi connectivity index (χ2n) is 23.0. The lowest BCUT2D eigenvalue weighted by Crippen LogP contribution is -2.29. The fourth-order valence-electron chi connectivity index (χ4n) is 11.4. The molecule has 3 aliphatic carbocycles. The van der Waals surface area contributed by atoms with Crippen molar-refractivity contribution in [1.82, 2.24) is 0 Å². The van der Waals surface area contributed by atoms with Gasteiger partial charge in [0.15, 0.2) is 0 Å². The van der Waals surface area contributed by atoms with Crippen molar-refractivity contribution in [3.8, 4) is 0 Å². The highest BCUT2D eigenvalue weighted by Crippen LogP contribution is 2.71. The molecular formula is C68H74S24. The summed E-state index contributed by atoms with van der Waals surface area (Å²) in [6.45, 7) is 13.9. The van der Waals surface area contributed by atoms with Crippen molar-refractivity contribution in [3.05, 3.63) is 179 Å². The van der Waals surface area contributed by atoms with Gasteiger partial charge in [0.05, 0.1) is 76.3 Å². The highest BCUT2D eigenvalue weighted by Gasteiger charge is 2.45. The average Bonchev–Trinajstić information content (AvgIpc) is 0.911. The molecule has 0 radical (unpaired) electrons. The summed E-state index contributed by atoms with van der Waals surface area (Å²) in [5.41, 5.74) is 18.9. The normalized spacial score (nSPS) is 21.8. The number of fused-ring (bicyclic) bond motifs is 3. The second-order valence-corrected chi connectivity index (χ2v) is 52.4. The predicted octanol–water partition coefficient (Wildman–Crippen LogP) is 31.3. The van der Waals surface area contributed by atoms with Gasteiger partial charge in [-0.25, -0.2) is 0 Å². The van der Waals surface area contributed by atoms with Crippen molar-refractivity contribution in [2.24, 2.45) is 0 Å². The molecule has 0 aromatic heterocycles. The van der Waals surface area contributed by atoms with E-state index >= 15 is 0 Å². The van der Waals surface area contributed by atoms with Gasteiger partial charge in [-0.05, 0) is 140 Å². The van der Waals surface area contributed by atoms with E-state index in [9.17, 15) is 0 Å². The smallest absolute Gasteiger partial charge is 0.0717 e. The van der Waals surface area contributed by atoms with Gasteiger partial charge in [-0.1, -0.05) is 258 Å². The third-order valence-corrected chi connectivity index (χ3v) is 51.9. The molecule has 0 saturated carbocycles. The number of thioether (sulfide) groups is 24. The van der Waals surface area contributed by atoms with E-state index in [-0.39, 0.29) is 11.8 Å². The first-order valence-electron chi connectivity index (χ1n) is 32.1. The van der Waals surface area contributed by atoms with Gasteiger partial charge in [-0.3, -0.25) is 0 Å². The van der Waals surface area contributed by atoms with Crippen molar-refractivity contribution in [2.75, 3.05) is 34.5 Å². The van der Waals surface area contributed by atoms with Gasteiger partial charge in [-0.2, -0.15) is 0 Å². The van der Waals surface area contributed by atoms with Crippen LogP contribution < -0.4 is 0 Å². The Morgan fingerprint density at radius 2 is 0.402 bits per heavy atom. The van der Waals surface area contributed by atoms with Gasteiger partial charge in [0.2, 0.25) is 0 Å². The predicted molar refractivity (Wildman–Crippen MR) is 468 cm³/mol. The lowest BCUT2D eigenvalue weighted by Gasteiger charge is -2.44. The Labute approximate surface area is 651 Å². The molecule has 0 N–H and O–H groups in total. The Morgan fingerprint density at radius 1 is 0.239 bits per heavy atom. The summed E-state index contributed by atoms with van der Waals surface area (Å²) < 4.78 is 27.7. The maximum absolute atomic E-state index is 2.75. The second kappa shape index (κ2) is 35.2. The van der Waals surface area contributed by atoms with Crippen LogP contribution in [0.1, 0.15) is 197 Å². The standard InChI is InChI=1S/C68H74S24/c1-7-13-19-69-51-52(70-20-14-8-2)82-63(81-51)66-87-57-58(88-66)76-32-38-26-44-43(25-37(38)31-75-57)49-45-27-39-33-77-59-60(90-67(89-59)64-83-53(71-21-15-9-3)54(84-64)72-22-16-10-4)78-34-40(39)28-46(45)50(44)48-30-42-36-80-62-61(79-35-41(42)29-47(48)49)91-68(92-62)65-85-55(73-23-17-11-5)56(86-65)74-24-18-12-6/h25-30,49-50H,7-24,31-36H2,1-6H3. The third-order valence-electron chi connectivity index (χ3n) is 16.3. The molecule has 9 aliphatic heterocycles. The van der Waals surface area contributed by atoms with E-state index in [0.717, 1.165) is 34.5 Å². The summed E-state index contributed by atoms with van der Waals surface area (Å²) in [6, 6.07) is 16.5. The van der Waals surface area contributed by atoms with E-state index in [1.54, 1.807) is 92.2 Å². The summed E-state index contributed by atoms with van der Waals surface area (Å²) in [6.07, 6.45) is 15.3. The van der Waals surface area contributed by atoms with E-state index in [1.165, 1.54) is 162 Å². The first-order chi connectivity index (χ1) is 45.3. The van der Waals surface area contributed by atoms with E-state index in [4.69, 9.17) is 0 Å². The molecule has 15 rings (SSSR count). The molecule has 3 aromatic carbocycles. The molecule has 0 nitrogen and oxygen atoms in total. The van der Waals surface area contributed by atoms with Gasteiger partial charge >= 0.3 is 0 Å². The number of rotatable bonds is 24. The van der Waals surface area contributed by atoms with E-state index in [1.807, 2.05) is 0 Å². The maximum atomic E-state index is 2.75. The third kappa shape index (κ3) is 16.7. The van der Waals surface area contributed by atoms with Crippen molar-refractivity contribution < 1.29 is 0 Å². The summed E-state index contributed by atoms with van der Waals surface area (Å²) in [7, 11) is 0. The van der Waals surface area contributed by atoms with E-state index in [2.05, 4.69) is 360 Å². The highest BCUT2D eigenvalue weighted by atomic mass is 32.3. The Kier molecular flexibility index (Phi) is 27.8. The topological polar surface area (TPSA) is 0 Å². The van der Waals surface area contributed by atoms with Gasteiger partial charge in [-0.15, -0.1) is 141 Å². The van der Waals surface area contributed by atoms with Crippen LogP contribution in [0.2, 0.25) is 0 Å². The Balaban J connectivity index is 0.743. The first kappa shape index (κ1) is 72.7. The Morgan fingerprint density at radius 3 is 0.565 bits per heavy atom. The SMILES string of the molecule is CCCCSC1=C(SCCCC)SC(=C2SC3=C(SCc4cc5c(cc4CS3)C3c4cc6c(cc4C5c4cc5c(cc43)CSC3=C(SC5)SC(=C4SC(SCCCC)=C(SCCCC)S4)S3)CSC3=C(SC6)SC(=C4SC(SCCCC)=C(SCCCC)S4)S3)S2)S1. The van der Waals surface area contributed by atoms with Gasteiger partial charge in [0.25, 0.3) is 0 Å². The Hall–Kier alpha value is 3.72. The van der Waals surface area contributed by atoms with Crippen LogP contribution in [0.4, 0.5) is 0 Å². The molecular weight excluding hydrogens is 1590 g/mol. The Bertz CT molecular complexity index is 3080. The molecule has 92 heavy (non-hydrogen) atoms. The van der Waals surface area contributed by atoms with Crippen LogP contribution >= 0.6 is 282 Å². The van der Waals surface area contributed by atoms with Crippen LogP contribution in [0.15, 0.2) is 113 Å². The first-order valence-corrected chi connectivity index (χ1v) is 53.7. The lowest BCUT2D eigenvalue weighted by atomic mass is 9.60. The summed E-state index contributed by atoms with van der Waals surface area (Å²) in [4.78, 5) is 0. The molecule has 3 aromatic rings. The van der Waals surface area contributed by atoms with Crippen LogP contribution in [0.5, 0.6) is 0 Å². The minimum Gasteiger partial charge on any atom is -0.117 e. The molecule has 0 unspecified atom stereocenters. The molecule has 0 atom stereocenters. The van der Waals surface area contributed by atoms with Gasteiger partial charge in [0.1, 0.15) is 0 Å². The molecule has 0 spiro atoms. The fraction of sp³-hybridized carbons (Fsp3) is 0.471. The summed E-state index contributed by atoms with van der Waals surface area (Å²) in [5.74, 6) is 14.0. The largest absolute Gasteiger partial charge is 0.117 e. The van der Waals surface area contributed by atoms with E-state index < -0.39 is 0 Å². The molecule has 0 amide bonds. The zero-order chi connectivity index (χ0) is 62.7. The van der Waals surface area contributed by atoms with Crippen molar-refractivity contribution in [1.29, 1.82) is 0 Å². The van der Waals surface area contributed by atoms with Crippen LogP contribution in [0.3, 0.4) is 0 Å². The number of benzene rings is 3. The minimum absolute atomic E-state index is 0.232. The molecule has 0 saturated heterocycles. The van der Waals surface area contributed by atoms with Crippen molar-refractivity contribution in [3.63, 3.8) is 0 Å². The molecule has 0 fully saturated rings. The molecule has 9 heterocycles. The zero-order valence-electron chi connectivity index (χ0n) is 52.4. The number of hydrogen-bond acceptors (Lipinski definition) is 24. The maximum Gasteiger partial charge on any atom is 0.0717 e. The summed E-state index contributed by atoms with van der Waals surface area (Å²) >= 11 is 50.4. The molecule has 2 bridgehead atoms. The van der Waals surface area contributed by atoms with Gasteiger partial charge in [0, 0.05) is 46.4 Å². The van der Waals surface area contributed by atoms with E-state index in [0.29, 0.717) is 0 Å². The molecule has 12 aliphatic rings. The quantitative estimate of drug-likeness (QED) is 0.0538. The van der Waals surface area contributed by atoms with Crippen LogP contribution in [-0.4, -0.2) is 34.5 Å². The minimum atomic E-state index is 0.232. The molecule has 490 valence electrons. The highest BCUT2D eigenvalue weighted by molar-refractivity contribution is 8.47. The monoisotopic (exact) mass is 1660 g/mol. The van der Waals surface area contributed by atoms with Crippen LogP contribution in [0.25, 0.3) is 0 Å². The average molecular weight is 1660 g/mol. The van der Waals surface area contributed by atoms with Crippen LogP contribution in [-0.2, 0) is 34.5 Å². The van der Waals surface area contributed by atoms with Gasteiger partial charge < -0.3 is 0 Å². The molecule has 24 heteroatoms. The lowest BCUT2D eigenvalue weighted by molar-refractivity contribution is 0.745. The summed E-state index contributed by atoms with van der Waals surface area (Å²) in [5, 5.41) is 0. The number of hydrogen-bond donors (Lipinski definition) is 0. The van der Waals surface area contributed by atoms with Crippen molar-refractivity contribution in [2.45, 2.75) is 165 Å². The van der Waals surface area contributed by atoms with Crippen molar-refractivity contribution >= 4 is 282 Å².